The molecule has 0 atom stereocenters. The molecule has 0 unspecified atom stereocenters. The van der Waals surface area contributed by atoms with E-state index in [1.165, 1.54) is 8.93 Å². The van der Waals surface area contributed by atoms with Crippen molar-refractivity contribution in [2.24, 2.45) is 0 Å². The van der Waals surface area contributed by atoms with Crippen LogP contribution in [0.15, 0.2) is 9.98 Å². The minimum Gasteiger partial charge on any atom is -0.221 e. The van der Waals surface area contributed by atoms with Gasteiger partial charge in [-0.05, 0) is 36.0 Å². The molecule has 1 nitrogen and oxygen atoms in total. The van der Waals surface area contributed by atoms with Crippen LogP contribution in [0.1, 0.15) is 5.01 Å². The number of rotatable bonds is 0. The second-order valence-corrected chi connectivity index (χ2v) is 4.63. The topological polar surface area (TPSA) is 12.9 Å². The van der Waals surface area contributed by atoms with Gasteiger partial charge in [0.1, 0.15) is 4.60 Å². The molecule has 1 rings (SSSR count). The van der Waals surface area contributed by atoms with Gasteiger partial charge in [0.2, 0.25) is 0 Å². The molecule has 1 aromatic rings. The van der Waals surface area contributed by atoms with Crippen molar-refractivity contribution in [2.45, 2.75) is 0 Å². The highest BCUT2D eigenvalue weighted by atomic mass is 127. The van der Waals surface area contributed by atoms with Crippen molar-refractivity contribution in [2.75, 3.05) is 0 Å². The largest absolute Gasteiger partial charge is 0.221 e. The predicted octanol–water partition coefficient (Wildman–Crippen LogP) is 3.30. The molecule has 0 amide bonds. The molecule has 0 aromatic carbocycles. The van der Waals surface area contributed by atoms with E-state index in [1.807, 2.05) is 5.38 Å². The van der Waals surface area contributed by atoms with E-state index in [1.54, 1.807) is 11.3 Å². The van der Waals surface area contributed by atoms with Crippen LogP contribution < -0.4 is 0 Å². The van der Waals surface area contributed by atoms with Gasteiger partial charge in [0.15, 0.2) is 5.01 Å². The number of thiazole rings is 1. The highest BCUT2D eigenvalue weighted by molar-refractivity contribution is 14.2. The maximum Gasteiger partial charge on any atom is 0.168 e. The molecule has 0 fully saturated rings. The molecular weight excluding hydrogens is 345 g/mol. The number of hydrogen-bond donors (Lipinski definition) is 0. The van der Waals surface area contributed by atoms with E-state index in [4.69, 9.17) is 0 Å². The van der Waals surface area contributed by atoms with Crippen LogP contribution in [0.4, 0.5) is 0 Å². The van der Waals surface area contributed by atoms with Crippen molar-refractivity contribution in [1.82, 2.24) is 4.98 Å². The molecule has 0 aliphatic rings. The summed E-state index contributed by atoms with van der Waals surface area (Å²) in [6.45, 7) is 0. The van der Waals surface area contributed by atoms with Crippen LogP contribution in [0.5, 0.6) is 0 Å². The summed E-state index contributed by atoms with van der Waals surface area (Å²) in [4.78, 5) is 4.09. The molecular formula is C5HBrINS2. The number of halogens is 2. The van der Waals surface area contributed by atoms with Crippen LogP contribution in [-0.2, 0) is 0 Å². The van der Waals surface area contributed by atoms with Gasteiger partial charge in [-0.25, -0.2) is 4.98 Å². The summed E-state index contributed by atoms with van der Waals surface area (Å²) in [5.41, 5.74) is 0. The highest BCUT2D eigenvalue weighted by Gasteiger charge is 1.92. The Balaban J connectivity index is 2.76. The summed E-state index contributed by atoms with van der Waals surface area (Å²) >= 11 is 6.92. The minimum atomic E-state index is 0.857. The van der Waals surface area contributed by atoms with Gasteiger partial charge in [-0.15, -0.1) is 11.3 Å². The lowest BCUT2D eigenvalue weighted by Gasteiger charge is -1.72. The minimum absolute atomic E-state index is 0.857. The van der Waals surface area contributed by atoms with E-state index in [0.717, 1.165) is 9.61 Å². The van der Waals surface area contributed by atoms with Gasteiger partial charge < -0.3 is 0 Å². The molecule has 0 saturated heterocycles. The van der Waals surface area contributed by atoms with Crippen LogP contribution in [0.3, 0.4) is 0 Å². The van der Waals surface area contributed by atoms with Crippen LogP contribution in [0.2, 0.25) is 0 Å². The number of aromatic nitrogens is 1. The van der Waals surface area contributed by atoms with E-state index in [-0.39, 0.29) is 0 Å². The maximum absolute atomic E-state index is 4.09. The lowest BCUT2D eigenvalue weighted by molar-refractivity contribution is 1.33. The highest BCUT2D eigenvalue weighted by Crippen LogP contribution is 2.14. The van der Waals surface area contributed by atoms with E-state index < -0.39 is 0 Å². The molecule has 0 spiro atoms. The molecule has 5 heteroatoms. The van der Waals surface area contributed by atoms with Crippen molar-refractivity contribution >= 4 is 57.4 Å². The second-order valence-electron chi connectivity index (χ2n) is 1.28. The fourth-order valence-corrected chi connectivity index (χ4v) is 2.00. The molecule has 0 aliphatic carbocycles. The van der Waals surface area contributed by atoms with Gasteiger partial charge in [0.25, 0.3) is 0 Å². The zero-order valence-corrected chi connectivity index (χ0v) is 9.97. The quantitative estimate of drug-likeness (QED) is 0.528. The van der Waals surface area contributed by atoms with Crippen molar-refractivity contribution in [3.63, 3.8) is 0 Å². The first-order chi connectivity index (χ1) is 4.83. The Labute approximate surface area is 87.7 Å². The van der Waals surface area contributed by atoms with Crippen molar-refractivity contribution in [1.29, 1.82) is 0 Å². The van der Waals surface area contributed by atoms with Crippen LogP contribution in [0.25, 0.3) is 0 Å². The van der Waals surface area contributed by atoms with Crippen molar-refractivity contribution in [3.05, 3.63) is 15.0 Å². The Morgan fingerprint density at radius 1 is 1.80 bits per heavy atom. The zero-order valence-electron chi connectivity index (χ0n) is 4.60. The van der Waals surface area contributed by atoms with E-state index in [2.05, 4.69) is 53.3 Å². The smallest absolute Gasteiger partial charge is 0.168 e. The van der Waals surface area contributed by atoms with Crippen molar-refractivity contribution in [3.8, 4) is 11.2 Å². The standard InChI is InChI=1S/C5HBrINS2/c6-4-3-9-5(8-4)1-2-10-7/h3H. The fourth-order valence-electron chi connectivity index (χ4n) is 0.375. The first-order valence-electron chi connectivity index (χ1n) is 2.22. The molecule has 0 bridgehead atoms. The summed E-state index contributed by atoms with van der Waals surface area (Å²) in [6, 6.07) is 0. The lowest BCUT2D eigenvalue weighted by atomic mass is 10.7. The normalized spacial score (nSPS) is 8.60. The Morgan fingerprint density at radius 3 is 3.10 bits per heavy atom. The molecule has 1 heterocycles. The third-order valence-electron chi connectivity index (χ3n) is 0.673. The molecule has 0 saturated carbocycles. The SMILES string of the molecule is Brc1csc(C#CSI)n1. The summed E-state index contributed by atoms with van der Waals surface area (Å²) < 4.78 is 0.861. The van der Waals surface area contributed by atoms with Crippen molar-refractivity contribution < 1.29 is 0 Å². The molecule has 0 aliphatic heterocycles. The first kappa shape index (κ1) is 8.84. The first-order valence-corrected chi connectivity index (χ1v) is 7.26. The maximum atomic E-state index is 4.09. The molecule has 0 N–H and O–H groups in total. The van der Waals surface area contributed by atoms with E-state index >= 15 is 0 Å². The molecule has 0 radical (unpaired) electrons. The van der Waals surface area contributed by atoms with Gasteiger partial charge >= 0.3 is 0 Å². The van der Waals surface area contributed by atoms with Crippen LogP contribution in [0, 0.1) is 11.2 Å². The Morgan fingerprint density at radius 2 is 2.60 bits per heavy atom. The van der Waals surface area contributed by atoms with E-state index in [0.29, 0.717) is 0 Å². The molecule has 1 aromatic heterocycles. The van der Waals surface area contributed by atoms with Gasteiger partial charge in [0, 0.05) is 26.6 Å². The second kappa shape index (κ2) is 4.59. The lowest BCUT2D eigenvalue weighted by Crippen LogP contribution is -1.66. The van der Waals surface area contributed by atoms with Crippen LogP contribution in [-0.4, -0.2) is 4.98 Å². The number of nitrogens with zero attached hydrogens (tertiary/aromatic N) is 1. The van der Waals surface area contributed by atoms with Gasteiger partial charge in [0.05, 0.1) is 0 Å². The van der Waals surface area contributed by atoms with Gasteiger partial charge in [-0.1, -0.05) is 0 Å². The fraction of sp³-hybridized carbons (Fsp3) is 0. The van der Waals surface area contributed by atoms with Gasteiger partial charge in [-0.2, -0.15) is 0 Å². The van der Waals surface area contributed by atoms with E-state index in [9.17, 15) is 0 Å². The third kappa shape index (κ3) is 2.78. The summed E-state index contributed by atoms with van der Waals surface area (Å²) in [6.07, 6.45) is 0. The third-order valence-corrected chi connectivity index (χ3v) is 2.98. The predicted molar refractivity (Wildman–Crippen MR) is 58.3 cm³/mol. The average Bonchev–Trinajstić information content (AvgIpc) is 2.31. The number of hydrogen-bond acceptors (Lipinski definition) is 3. The summed E-state index contributed by atoms with van der Waals surface area (Å²) in [5.74, 6) is 2.90. The van der Waals surface area contributed by atoms with Crippen LogP contribution >= 0.6 is 57.4 Å². The average molecular weight is 346 g/mol. The summed E-state index contributed by atoms with van der Waals surface area (Å²) in [5, 5.41) is 5.63. The Bertz CT molecular complexity index is 275. The summed E-state index contributed by atoms with van der Waals surface area (Å²) in [7, 11) is 1.47. The Kier molecular flexibility index (Phi) is 4.06. The molecule has 52 valence electrons. The van der Waals surface area contributed by atoms with Gasteiger partial charge in [-0.3, -0.25) is 0 Å². The Hall–Kier alpha value is 0.750. The molecule has 10 heavy (non-hydrogen) atoms. The monoisotopic (exact) mass is 345 g/mol. The zero-order chi connectivity index (χ0) is 7.40.